The minimum Gasteiger partial charge on any atom is -0.481 e. The van der Waals surface area contributed by atoms with Gasteiger partial charge in [-0.3, -0.25) is 14.9 Å². The quantitative estimate of drug-likeness (QED) is 0.709. The lowest BCUT2D eigenvalue weighted by Gasteiger charge is -2.26. The second-order valence-electron chi connectivity index (χ2n) is 5.90. The van der Waals surface area contributed by atoms with Gasteiger partial charge in [-0.25, -0.2) is 13.6 Å². The van der Waals surface area contributed by atoms with Gasteiger partial charge >= 0.3 is 12.0 Å². The van der Waals surface area contributed by atoms with Crippen LogP contribution in [0.5, 0.6) is 0 Å². The Morgan fingerprint density at radius 1 is 1.35 bits per heavy atom. The summed E-state index contributed by atoms with van der Waals surface area (Å²) in [4.78, 5) is 34.7. The number of urea groups is 1. The van der Waals surface area contributed by atoms with Gasteiger partial charge in [0.15, 0.2) is 0 Å². The maximum Gasteiger partial charge on any atom is 0.322 e. The Hall–Kier alpha value is -2.51. The van der Waals surface area contributed by atoms with E-state index >= 15 is 0 Å². The summed E-state index contributed by atoms with van der Waals surface area (Å²) in [5, 5.41) is 13.7. The van der Waals surface area contributed by atoms with Crippen molar-refractivity contribution in [1.29, 1.82) is 0 Å². The zero-order chi connectivity index (χ0) is 16.8. The van der Waals surface area contributed by atoms with Crippen LogP contribution >= 0.6 is 0 Å². The van der Waals surface area contributed by atoms with Crippen LogP contribution in [0.15, 0.2) is 18.2 Å². The first-order valence-electron chi connectivity index (χ1n) is 7.14. The Labute approximate surface area is 129 Å². The molecule has 0 aromatic heterocycles. The number of halogens is 2. The number of hydrogen-bond acceptors (Lipinski definition) is 3. The van der Waals surface area contributed by atoms with Crippen LogP contribution in [0.4, 0.5) is 13.6 Å². The highest BCUT2D eigenvalue weighted by Gasteiger charge is 2.62. The number of imide groups is 1. The van der Waals surface area contributed by atoms with Crippen LogP contribution < -0.4 is 10.6 Å². The molecule has 8 heteroatoms. The van der Waals surface area contributed by atoms with Gasteiger partial charge in [0.25, 0.3) is 5.91 Å². The van der Waals surface area contributed by atoms with Crippen LogP contribution in [-0.2, 0) is 16.0 Å². The number of hydrogen-bond donors (Lipinski definition) is 3. The number of carbonyl (C=O) groups is 3. The molecule has 1 aliphatic heterocycles. The minimum atomic E-state index is -1.39. The second-order valence-corrected chi connectivity index (χ2v) is 5.90. The standard InChI is InChI=1S/C15H14F2N2O4/c16-8-1-2-11(17)7(5-8)3-4-15(10-6-9(10)12(20)21)13(22)18-14(23)19-15/h1-2,5,9-10H,3-4,6H2,(H,20,21)(H2,18,19,22,23)/t9-,10-,15?/m0/s1. The van der Waals surface area contributed by atoms with Crippen molar-refractivity contribution in [3.8, 4) is 0 Å². The van der Waals surface area contributed by atoms with Crippen molar-refractivity contribution in [3.05, 3.63) is 35.4 Å². The largest absolute Gasteiger partial charge is 0.481 e. The predicted octanol–water partition coefficient (Wildman–Crippen LogP) is 1.20. The zero-order valence-corrected chi connectivity index (χ0v) is 11.9. The lowest BCUT2D eigenvalue weighted by molar-refractivity contribution is -0.139. The molecule has 1 saturated heterocycles. The molecular formula is C15H14F2N2O4. The van der Waals surface area contributed by atoms with Crippen molar-refractivity contribution in [2.75, 3.05) is 0 Å². The van der Waals surface area contributed by atoms with Crippen molar-refractivity contribution < 1.29 is 28.3 Å². The third-order valence-electron chi connectivity index (χ3n) is 4.51. The van der Waals surface area contributed by atoms with Gasteiger partial charge in [-0.05, 0) is 43.0 Å². The normalized spacial score (nSPS) is 29.1. The summed E-state index contributed by atoms with van der Waals surface area (Å²) in [6, 6.07) is 2.30. The molecule has 2 aliphatic rings. The van der Waals surface area contributed by atoms with E-state index in [1.807, 2.05) is 0 Å². The monoisotopic (exact) mass is 324 g/mol. The van der Waals surface area contributed by atoms with Gasteiger partial charge in [0.05, 0.1) is 5.92 Å². The van der Waals surface area contributed by atoms with E-state index in [1.54, 1.807) is 0 Å². The van der Waals surface area contributed by atoms with E-state index in [0.717, 1.165) is 18.2 Å². The van der Waals surface area contributed by atoms with Crippen molar-refractivity contribution in [3.63, 3.8) is 0 Å². The van der Waals surface area contributed by atoms with Crippen LogP contribution in [-0.4, -0.2) is 28.6 Å². The molecule has 1 unspecified atom stereocenters. The van der Waals surface area contributed by atoms with E-state index in [9.17, 15) is 23.2 Å². The Bertz CT molecular complexity index is 709. The third kappa shape index (κ3) is 2.64. The summed E-state index contributed by atoms with van der Waals surface area (Å²) < 4.78 is 26.9. The average Bonchev–Trinajstić information content (AvgIpc) is 3.22. The topological polar surface area (TPSA) is 95.5 Å². The van der Waals surface area contributed by atoms with Gasteiger partial charge in [0.2, 0.25) is 0 Å². The molecule has 1 aliphatic carbocycles. The number of aliphatic carboxylic acids is 1. The summed E-state index contributed by atoms with van der Waals surface area (Å²) in [6.45, 7) is 0. The number of carboxylic acids is 1. The lowest BCUT2D eigenvalue weighted by atomic mass is 9.85. The fourth-order valence-corrected chi connectivity index (χ4v) is 3.21. The summed E-state index contributed by atoms with van der Waals surface area (Å²) >= 11 is 0. The van der Waals surface area contributed by atoms with Gasteiger partial charge in [0.1, 0.15) is 17.2 Å². The Kier molecular flexibility index (Phi) is 3.54. The molecule has 122 valence electrons. The van der Waals surface area contributed by atoms with Crippen LogP contribution in [0.25, 0.3) is 0 Å². The van der Waals surface area contributed by atoms with Crippen LogP contribution in [0.3, 0.4) is 0 Å². The van der Waals surface area contributed by atoms with Crippen LogP contribution in [0, 0.1) is 23.5 Å². The fraction of sp³-hybridized carbons (Fsp3) is 0.400. The Morgan fingerprint density at radius 2 is 2.09 bits per heavy atom. The van der Waals surface area contributed by atoms with Crippen LogP contribution in [0.1, 0.15) is 18.4 Å². The van der Waals surface area contributed by atoms with E-state index in [0.29, 0.717) is 0 Å². The summed E-state index contributed by atoms with van der Waals surface area (Å²) in [5.74, 6) is -4.16. The highest BCUT2D eigenvalue weighted by molar-refractivity contribution is 6.07. The molecule has 1 aromatic carbocycles. The van der Waals surface area contributed by atoms with E-state index in [2.05, 4.69) is 10.6 Å². The number of rotatable bonds is 5. The SMILES string of the molecule is O=C1NC(=O)C(CCc2cc(F)ccc2F)([C@H]2C[C@@H]2C(=O)O)N1. The molecule has 3 N–H and O–H groups in total. The molecule has 0 radical (unpaired) electrons. The maximum absolute atomic E-state index is 13.7. The second kappa shape index (κ2) is 5.29. The molecule has 3 rings (SSSR count). The predicted molar refractivity (Wildman–Crippen MR) is 73.3 cm³/mol. The maximum atomic E-state index is 13.7. The van der Waals surface area contributed by atoms with Gasteiger partial charge in [-0.2, -0.15) is 0 Å². The van der Waals surface area contributed by atoms with Crippen molar-refractivity contribution in [1.82, 2.24) is 10.6 Å². The smallest absolute Gasteiger partial charge is 0.322 e. The molecule has 3 amide bonds. The van der Waals surface area contributed by atoms with Gasteiger partial charge in [-0.1, -0.05) is 0 Å². The molecule has 0 spiro atoms. The highest BCUT2D eigenvalue weighted by atomic mass is 19.1. The number of carbonyl (C=O) groups excluding carboxylic acids is 2. The average molecular weight is 324 g/mol. The van der Waals surface area contributed by atoms with Crippen molar-refractivity contribution in [2.45, 2.75) is 24.8 Å². The number of benzene rings is 1. The molecule has 2 fully saturated rings. The first-order valence-corrected chi connectivity index (χ1v) is 7.14. The molecule has 1 saturated carbocycles. The number of aryl methyl sites for hydroxylation is 1. The number of carboxylic acid groups (broad SMARTS) is 1. The first kappa shape index (κ1) is 15.4. The molecule has 1 aromatic rings. The van der Waals surface area contributed by atoms with Crippen LogP contribution in [0.2, 0.25) is 0 Å². The molecule has 3 atom stereocenters. The van der Waals surface area contributed by atoms with E-state index in [4.69, 9.17) is 5.11 Å². The number of nitrogens with one attached hydrogen (secondary N) is 2. The Morgan fingerprint density at radius 3 is 2.65 bits per heavy atom. The third-order valence-corrected chi connectivity index (χ3v) is 4.51. The molecule has 23 heavy (non-hydrogen) atoms. The highest BCUT2D eigenvalue weighted by Crippen LogP contribution is 2.49. The Balaban J connectivity index is 1.83. The summed E-state index contributed by atoms with van der Waals surface area (Å²) in [7, 11) is 0. The van der Waals surface area contributed by atoms with Crippen molar-refractivity contribution >= 4 is 17.9 Å². The van der Waals surface area contributed by atoms with Gasteiger partial charge in [0, 0.05) is 5.92 Å². The lowest BCUT2D eigenvalue weighted by Crippen LogP contribution is -2.50. The van der Waals surface area contributed by atoms with E-state index in [1.165, 1.54) is 0 Å². The first-order chi connectivity index (χ1) is 10.8. The molecule has 6 nitrogen and oxygen atoms in total. The van der Waals surface area contributed by atoms with Crippen molar-refractivity contribution in [2.24, 2.45) is 11.8 Å². The molecule has 1 heterocycles. The van der Waals surface area contributed by atoms with Gasteiger partial charge in [-0.15, -0.1) is 0 Å². The molecular weight excluding hydrogens is 310 g/mol. The summed E-state index contributed by atoms with van der Waals surface area (Å²) in [5.41, 5.74) is -1.32. The van der Waals surface area contributed by atoms with Gasteiger partial charge < -0.3 is 10.4 Å². The number of amides is 3. The molecule has 0 bridgehead atoms. The minimum absolute atomic E-state index is 0.000131. The zero-order valence-electron chi connectivity index (χ0n) is 11.9. The fourth-order valence-electron chi connectivity index (χ4n) is 3.21. The van der Waals surface area contributed by atoms with E-state index in [-0.39, 0.29) is 24.8 Å². The van der Waals surface area contributed by atoms with E-state index < -0.39 is 46.9 Å². The summed E-state index contributed by atoms with van der Waals surface area (Å²) in [6.07, 6.45) is 0.258.